The molecular formula is C18H17F4NO2S. The zero-order valence-corrected chi connectivity index (χ0v) is 14.9. The Hall–Kier alpha value is -2.06. The Morgan fingerprint density at radius 3 is 2.27 bits per heavy atom. The van der Waals surface area contributed by atoms with Crippen LogP contribution in [0.15, 0.2) is 35.2 Å². The maximum absolute atomic E-state index is 13.9. The van der Waals surface area contributed by atoms with E-state index >= 15 is 0 Å². The number of rotatable bonds is 6. The van der Waals surface area contributed by atoms with E-state index in [4.69, 9.17) is 0 Å². The van der Waals surface area contributed by atoms with Crippen molar-refractivity contribution < 1.29 is 27.5 Å². The van der Waals surface area contributed by atoms with Gasteiger partial charge in [-0.25, -0.2) is 17.6 Å². The smallest absolute Gasteiger partial charge is 0.255 e. The van der Waals surface area contributed by atoms with Gasteiger partial charge >= 0.3 is 0 Å². The molecule has 2 rings (SSSR count). The lowest BCUT2D eigenvalue weighted by Gasteiger charge is -2.16. The van der Waals surface area contributed by atoms with Crippen molar-refractivity contribution in [3.63, 3.8) is 0 Å². The van der Waals surface area contributed by atoms with Crippen LogP contribution in [0.4, 0.5) is 23.2 Å². The predicted molar refractivity (Wildman–Crippen MR) is 92.3 cm³/mol. The van der Waals surface area contributed by atoms with Crippen molar-refractivity contribution in [1.29, 1.82) is 0 Å². The van der Waals surface area contributed by atoms with Crippen LogP contribution in [-0.4, -0.2) is 22.4 Å². The molecule has 0 saturated carbocycles. The lowest BCUT2D eigenvalue weighted by molar-refractivity contribution is 0.0777. The number of aliphatic hydroxyl groups is 1. The number of carbonyl (C=O) groups excluding carboxylic acids is 1. The summed E-state index contributed by atoms with van der Waals surface area (Å²) in [5.74, 6) is -5.31. The predicted octanol–water partition coefficient (Wildman–Crippen LogP) is 4.75. The largest absolute Gasteiger partial charge is 0.390 e. The van der Waals surface area contributed by atoms with Crippen LogP contribution in [0.1, 0.15) is 30.6 Å². The van der Waals surface area contributed by atoms with E-state index in [2.05, 4.69) is 5.32 Å². The molecule has 0 radical (unpaired) electrons. The molecule has 3 nitrogen and oxygen atoms in total. The molecule has 26 heavy (non-hydrogen) atoms. The van der Waals surface area contributed by atoms with Crippen molar-refractivity contribution >= 4 is 23.4 Å². The van der Waals surface area contributed by atoms with Crippen molar-refractivity contribution in [2.45, 2.75) is 30.8 Å². The normalized spacial score (nSPS) is 11.5. The fourth-order valence-corrected chi connectivity index (χ4v) is 3.23. The summed E-state index contributed by atoms with van der Waals surface area (Å²) in [6, 6.07) is 4.93. The van der Waals surface area contributed by atoms with E-state index in [9.17, 15) is 27.5 Å². The first-order valence-electron chi connectivity index (χ1n) is 7.67. The van der Waals surface area contributed by atoms with Crippen LogP contribution in [0, 0.1) is 23.3 Å². The molecule has 0 atom stereocenters. The van der Waals surface area contributed by atoms with Crippen LogP contribution in [0.5, 0.6) is 0 Å². The van der Waals surface area contributed by atoms with Crippen LogP contribution in [0.3, 0.4) is 0 Å². The zero-order chi connectivity index (χ0) is 19.5. The molecule has 2 aromatic carbocycles. The number of anilines is 1. The number of amides is 1. The molecule has 0 aliphatic rings. The highest BCUT2D eigenvalue weighted by molar-refractivity contribution is 7.99. The minimum absolute atomic E-state index is 0.0716. The van der Waals surface area contributed by atoms with Crippen LogP contribution in [0.25, 0.3) is 0 Å². The number of hydrogen-bond acceptors (Lipinski definition) is 3. The molecule has 0 saturated heterocycles. The van der Waals surface area contributed by atoms with E-state index in [1.54, 1.807) is 13.8 Å². The molecule has 2 aromatic rings. The molecule has 0 heterocycles. The van der Waals surface area contributed by atoms with E-state index in [1.807, 2.05) is 0 Å². The molecule has 140 valence electrons. The summed E-state index contributed by atoms with van der Waals surface area (Å²) in [5, 5.41) is 11.9. The summed E-state index contributed by atoms with van der Waals surface area (Å²) in [7, 11) is 0. The van der Waals surface area contributed by atoms with E-state index < -0.39 is 34.8 Å². The molecule has 0 aliphatic carbocycles. The lowest BCUT2D eigenvalue weighted by Crippen LogP contribution is -2.19. The number of hydrogen-bond donors (Lipinski definition) is 2. The van der Waals surface area contributed by atoms with Gasteiger partial charge < -0.3 is 10.4 Å². The minimum Gasteiger partial charge on any atom is -0.390 e. The summed E-state index contributed by atoms with van der Waals surface area (Å²) in [6.07, 6.45) is 0.418. The molecule has 0 unspecified atom stereocenters. The van der Waals surface area contributed by atoms with Gasteiger partial charge in [-0.05, 0) is 38.5 Å². The first-order chi connectivity index (χ1) is 12.1. The van der Waals surface area contributed by atoms with Crippen molar-refractivity contribution in [2.75, 3.05) is 11.1 Å². The van der Waals surface area contributed by atoms with E-state index in [1.165, 1.54) is 12.1 Å². The number of nitrogens with one attached hydrogen (secondary N) is 1. The summed E-state index contributed by atoms with van der Waals surface area (Å²) >= 11 is 1.13. The van der Waals surface area contributed by atoms with Crippen molar-refractivity contribution in [3.05, 3.63) is 59.2 Å². The van der Waals surface area contributed by atoms with Crippen LogP contribution >= 0.6 is 11.8 Å². The second-order valence-corrected chi connectivity index (χ2v) is 7.40. The van der Waals surface area contributed by atoms with Gasteiger partial charge in [0, 0.05) is 34.0 Å². The van der Waals surface area contributed by atoms with Gasteiger partial charge in [0.2, 0.25) is 0 Å². The molecular weight excluding hydrogens is 370 g/mol. The monoisotopic (exact) mass is 387 g/mol. The van der Waals surface area contributed by atoms with E-state index in [0.717, 1.165) is 17.8 Å². The topological polar surface area (TPSA) is 49.3 Å². The second-order valence-electron chi connectivity index (χ2n) is 6.26. The number of carbonyl (C=O) groups is 1. The lowest BCUT2D eigenvalue weighted by atomic mass is 10.1. The molecule has 0 bridgehead atoms. The maximum Gasteiger partial charge on any atom is 0.255 e. The molecule has 8 heteroatoms. The molecule has 0 spiro atoms. The van der Waals surface area contributed by atoms with Gasteiger partial charge in [-0.15, -0.1) is 11.8 Å². The first kappa shape index (κ1) is 20.3. The van der Waals surface area contributed by atoms with E-state index in [0.29, 0.717) is 24.3 Å². The fourth-order valence-electron chi connectivity index (χ4n) is 2.00. The number of benzene rings is 2. The third-order valence-corrected chi connectivity index (χ3v) is 4.44. The van der Waals surface area contributed by atoms with Crippen molar-refractivity contribution in [3.8, 4) is 0 Å². The zero-order valence-electron chi connectivity index (χ0n) is 14.1. The van der Waals surface area contributed by atoms with Gasteiger partial charge in [0.1, 0.15) is 5.82 Å². The van der Waals surface area contributed by atoms with Crippen molar-refractivity contribution in [1.82, 2.24) is 0 Å². The molecule has 0 aliphatic heterocycles. The van der Waals surface area contributed by atoms with Crippen LogP contribution < -0.4 is 5.32 Å². The number of thioether (sulfide) groups is 1. The highest BCUT2D eigenvalue weighted by atomic mass is 32.2. The molecule has 0 aromatic heterocycles. The second kappa shape index (κ2) is 8.09. The quantitative estimate of drug-likeness (QED) is 0.427. The van der Waals surface area contributed by atoms with E-state index in [-0.39, 0.29) is 16.1 Å². The Kier molecular flexibility index (Phi) is 6.30. The van der Waals surface area contributed by atoms with Crippen LogP contribution in [0.2, 0.25) is 0 Å². The third kappa shape index (κ3) is 5.47. The molecule has 1 amide bonds. The number of halogens is 4. The van der Waals surface area contributed by atoms with Crippen molar-refractivity contribution in [2.24, 2.45) is 0 Å². The average Bonchev–Trinajstić information content (AvgIpc) is 2.53. The summed E-state index contributed by atoms with van der Waals surface area (Å²) in [4.78, 5) is 12.4. The SMILES string of the molecule is CC(C)(O)CCSc1cc(C(=O)Nc2cc(F)c(F)c(F)c2)ccc1F. The average molecular weight is 387 g/mol. The maximum atomic E-state index is 13.9. The summed E-state index contributed by atoms with van der Waals surface area (Å²) in [5.41, 5.74) is -1.08. The molecule has 0 fully saturated rings. The van der Waals surface area contributed by atoms with Crippen LogP contribution in [-0.2, 0) is 0 Å². The standard InChI is InChI=1S/C18H17F4NO2S/c1-18(2,25)5-6-26-15-7-10(3-4-12(15)19)17(24)23-11-8-13(20)16(22)14(21)9-11/h3-4,7-9,25H,5-6H2,1-2H3,(H,23,24). The Labute approximate surface area is 152 Å². The third-order valence-electron chi connectivity index (χ3n) is 3.41. The summed E-state index contributed by atoms with van der Waals surface area (Å²) < 4.78 is 53.2. The first-order valence-corrected chi connectivity index (χ1v) is 8.66. The van der Waals surface area contributed by atoms with Gasteiger partial charge in [-0.2, -0.15) is 0 Å². The Bertz CT molecular complexity index is 798. The van der Waals surface area contributed by atoms with Gasteiger partial charge in [-0.3, -0.25) is 4.79 Å². The van der Waals surface area contributed by atoms with Gasteiger partial charge in [0.05, 0.1) is 5.60 Å². The highest BCUT2D eigenvalue weighted by Gasteiger charge is 2.16. The minimum atomic E-state index is -1.63. The molecule has 2 N–H and O–H groups in total. The fraction of sp³-hybridized carbons (Fsp3) is 0.278. The van der Waals surface area contributed by atoms with Gasteiger partial charge in [0.25, 0.3) is 5.91 Å². The Morgan fingerprint density at radius 2 is 1.69 bits per heavy atom. The van der Waals surface area contributed by atoms with Gasteiger partial charge in [0.15, 0.2) is 17.5 Å². The highest BCUT2D eigenvalue weighted by Crippen LogP contribution is 2.26. The Morgan fingerprint density at radius 1 is 1.08 bits per heavy atom. The summed E-state index contributed by atoms with van der Waals surface area (Å²) in [6.45, 7) is 3.27. The Balaban J connectivity index is 2.13. The van der Waals surface area contributed by atoms with Gasteiger partial charge in [-0.1, -0.05) is 0 Å².